The molecule has 0 aromatic heterocycles. The second-order valence-corrected chi connectivity index (χ2v) is 7.20. The minimum absolute atomic E-state index is 0.108. The highest BCUT2D eigenvalue weighted by Crippen LogP contribution is 2.20. The number of sulfonamides is 1. The molecule has 0 saturated carbocycles. The summed E-state index contributed by atoms with van der Waals surface area (Å²) >= 11 is 0. The summed E-state index contributed by atoms with van der Waals surface area (Å²) in [6, 6.07) is 5.43. The molecule has 0 atom stereocenters. The van der Waals surface area contributed by atoms with E-state index in [2.05, 4.69) is 4.72 Å². The van der Waals surface area contributed by atoms with E-state index < -0.39 is 15.4 Å². The number of aryl methyl sites for hydroxylation is 2. The zero-order valence-corrected chi connectivity index (χ0v) is 12.1. The third kappa shape index (κ3) is 4.31. The summed E-state index contributed by atoms with van der Waals surface area (Å²) in [5, 5.41) is 9.11. The van der Waals surface area contributed by atoms with E-state index in [1.807, 2.05) is 19.9 Å². The maximum Gasteiger partial charge on any atom is 0.233 e. The summed E-state index contributed by atoms with van der Waals surface area (Å²) in [6.45, 7) is 7.17. The Morgan fingerprint density at radius 2 is 1.83 bits per heavy atom. The summed E-state index contributed by atoms with van der Waals surface area (Å²) in [4.78, 5) is 0. The van der Waals surface area contributed by atoms with Crippen molar-refractivity contribution in [2.75, 3.05) is 17.1 Å². The van der Waals surface area contributed by atoms with Crippen molar-refractivity contribution < 1.29 is 13.5 Å². The molecule has 0 aliphatic rings. The Kier molecular flexibility index (Phi) is 4.40. The molecule has 0 amide bonds. The van der Waals surface area contributed by atoms with Gasteiger partial charge in [0.05, 0.1) is 5.75 Å². The van der Waals surface area contributed by atoms with Gasteiger partial charge < -0.3 is 5.11 Å². The number of hydrogen-bond donors (Lipinski definition) is 2. The van der Waals surface area contributed by atoms with Crippen molar-refractivity contribution in [1.29, 1.82) is 0 Å². The number of aliphatic hydroxyl groups is 1. The number of aliphatic hydroxyl groups excluding tert-OH is 1. The normalized spacial score (nSPS) is 12.5. The molecular formula is C13H21NO3S. The quantitative estimate of drug-likeness (QED) is 0.861. The Morgan fingerprint density at radius 3 is 2.33 bits per heavy atom. The molecular weight excluding hydrogens is 250 g/mol. The van der Waals surface area contributed by atoms with Crippen LogP contribution >= 0.6 is 0 Å². The van der Waals surface area contributed by atoms with Crippen LogP contribution in [0, 0.1) is 19.3 Å². The molecule has 0 unspecified atom stereocenters. The summed E-state index contributed by atoms with van der Waals surface area (Å²) in [5.41, 5.74) is 2.07. The van der Waals surface area contributed by atoms with Gasteiger partial charge in [0.15, 0.2) is 0 Å². The average molecular weight is 271 g/mol. The van der Waals surface area contributed by atoms with E-state index in [4.69, 9.17) is 5.11 Å². The van der Waals surface area contributed by atoms with Gasteiger partial charge in [-0.15, -0.1) is 0 Å². The van der Waals surface area contributed by atoms with Gasteiger partial charge in [-0.1, -0.05) is 19.9 Å². The molecule has 0 aliphatic heterocycles. The molecule has 0 spiro atoms. The lowest BCUT2D eigenvalue weighted by Crippen LogP contribution is -2.31. The molecule has 0 saturated heterocycles. The van der Waals surface area contributed by atoms with Crippen molar-refractivity contribution in [1.82, 2.24) is 0 Å². The topological polar surface area (TPSA) is 66.4 Å². The largest absolute Gasteiger partial charge is 0.396 e. The van der Waals surface area contributed by atoms with Crippen LogP contribution in [-0.4, -0.2) is 25.9 Å². The molecule has 4 nitrogen and oxygen atoms in total. The monoisotopic (exact) mass is 271 g/mol. The lowest BCUT2D eigenvalue weighted by molar-refractivity contribution is 0.179. The van der Waals surface area contributed by atoms with E-state index in [0.29, 0.717) is 5.69 Å². The van der Waals surface area contributed by atoms with Crippen LogP contribution in [0.1, 0.15) is 25.0 Å². The SMILES string of the molecule is Cc1ccc(NS(=O)(=O)CC(C)(C)CO)cc1C. The first-order valence-electron chi connectivity index (χ1n) is 5.84. The van der Waals surface area contributed by atoms with Crippen molar-refractivity contribution in [3.05, 3.63) is 29.3 Å². The van der Waals surface area contributed by atoms with E-state index in [1.54, 1.807) is 26.0 Å². The molecule has 1 rings (SSSR count). The van der Waals surface area contributed by atoms with E-state index in [9.17, 15) is 8.42 Å². The Morgan fingerprint density at radius 1 is 1.22 bits per heavy atom. The van der Waals surface area contributed by atoms with E-state index in [0.717, 1.165) is 11.1 Å². The fourth-order valence-electron chi connectivity index (χ4n) is 1.58. The van der Waals surface area contributed by atoms with Gasteiger partial charge >= 0.3 is 0 Å². The summed E-state index contributed by atoms with van der Waals surface area (Å²) in [6.07, 6.45) is 0. The Bertz CT molecular complexity index is 521. The average Bonchev–Trinajstić information content (AvgIpc) is 2.21. The molecule has 102 valence electrons. The minimum Gasteiger partial charge on any atom is -0.396 e. The first-order valence-corrected chi connectivity index (χ1v) is 7.49. The molecule has 18 heavy (non-hydrogen) atoms. The van der Waals surface area contributed by atoms with Crippen LogP contribution in [0.15, 0.2) is 18.2 Å². The van der Waals surface area contributed by atoms with Gasteiger partial charge in [0.1, 0.15) is 0 Å². The highest BCUT2D eigenvalue weighted by atomic mass is 32.2. The molecule has 1 aromatic carbocycles. The van der Waals surface area contributed by atoms with Crippen LogP contribution in [0.5, 0.6) is 0 Å². The van der Waals surface area contributed by atoms with E-state index >= 15 is 0 Å². The van der Waals surface area contributed by atoms with Gasteiger partial charge in [0, 0.05) is 17.7 Å². The Labute approximate surface area is 109 Å². The fraction of sp³-hybridized carbons (Fsp3) is 0.538. The molecule has 5 heteroatoms. The summed E-state index contributed by atoms with van der Waals surface area (Å²) in [5.74, 6) is -0.108. The van der Waals surface area contributed by atoms with Crippen molar-refractivity contribution in [2.45, 2.75) is 27.7 Å². The Balaban J connectivity index is 2.86. The van der Waals surface area contributed by atoms with Gasteiger partial charge in [-0.05, 0) is 37.1 Å². The fourth-order valence-corrected chi connectivity index (χ4v) is 3.26. The maximum absolute atomic E-state index is 11.9. The predicted molar refractivity (Wildman–Crippen MR) is 74.2 cm³/mol. The third-order valence-corrected chi connectivity index (χ3v) is 4.50. The van der Waals surface area contributed by atoms with Gasteiger partial charge in [-0.25, -0.2) is 8.42 Å². The lowest BCUT2D eigenvalue weighted by atomic mass is 9.98. The number of hydrogen-bond acceptors (Lipinski definition) is 3. The summed E-state index contributed by atoms with van der Waals surface area (Å²) < 4.78 is 26.4. The standard InChI is InChI=1S/C13H21NO3S/c1-10-5-6-12(7-11(10)2)14-18(16,17)9-13(3,4)8-15/h5-7,14-15H,8-9H2,1-4H3. The van der Waals surface area contributed by atoms with Gasteiger partial charge in [0.25, 0.3) is 0 Å². The number of nitrogens with one attached hydrogen (secondary N) is 1. The second kappa shape index (κ2) is 5.28. The first-order chi connectivity index (χ1) is 8.15. The molecule has 0 aliphatic carbocycles. The predicted octanol–water partition coefficient (Wildman–Crippen LogP) is 2.06. The number of benzene rings is 1. The van der Waals surface area contributed by atoms with Crippen LogP contribution in [0.2, 0.25) is 0 Å². The highest BCUT2D eigenvalue weighted by molar-refractivity contribution is 7.92. The van der Waals surface area contributed by atoms with Crippen molar-refractivity contribution in [2.24, 2.45) is 5.41 Å². The third-order valence-electron chi connectivity index (χ3n) is 2.79. The van der Waals surface area contributed by atoms with Crippen LogP contribution in [0.25, 0.3) is 0 Å². The summed E-state index contributed by atoms with van der Waals surface area (Å²) in [7, 11) is -3.44. The van der Waals surface area contributed by atoms with Crippen molar-refractivity contribution in [3.63, 3.8) is 0 Å². The molecule has 0 heterocycles. The molecule has 2 N–H and O–H groups in total. The molecule has 0 radical (unpaired) electrons. The molecule has 0 fully saturated rings. The van der Waals surface area contributed by atoms with Crippen molar-refractivity contribution >= 4 is 15.7 Å². The van der Waals surface area contributed by atoms with Gasteiger partial charge in [-0.2, -0.15) is 0 Å². The zero-order chi connectivity index (χ0) is 14.0. The van der Waals surface area contributed by atoms with Crippen LogP contribution < -0.4 is 4.72 Å². The zero-order valence-electron chi connectivity index (χ0n) is 11.3. The maximum atomic E-state index is 11.9. The number of rotatable bonds is 5. The first kappa shape index (κ1) is 15.0. The van der Waals surface area contributed by atoms with Crippen LogP contribution in [0.3, 0.4) is 0 Å². The lowest BCUT2D eigenvalue weighted by Gasteiger charge is -2.21. The Hall–Kier alpha value is -1.07. The highest BCUT2D eigenvalue weighted by Gasteiger charge is 2.25. The minimum atomic E-state index is -3.44. The molecule has 0 bridgehead atoms. The number of anilines is 1. The second-order valence-electron chi connectivity index (χ2n) is 5.48. The van der Waals surface area contributed by atoms with Gasteiger partial charge in [0.2, 0.25) is 10.0 Å². The van der Waals surface area contributed by atoms with Crippen molar-refractivity contribution in [3.8, 4) is 0 Å². The van der Waals surface area contributed by atoms with E-state index in [1.165, 1.54) is 0 Å². The van der Waals surface area contributed by atoms with E-state index in [-0.39, 0.29) is 12.4 Å². The van der Waals surface area contributed by atoms with Crippen LogP contribution in [-0.2, 0) is 10.0 Å². The molecule has 1 aromatic rings. The smallest absolute Gasteiger partial charge is 0.233 e. The van der Waals surface area contributed by atoms with Crippen LogP contribution in [0.4, 0.5) is 5.69 Å². The van der Waals surface area contributed by atoms with Gasteiger partial charge in [-0.3, -0.25) is 4.72 Å².